The molecule has 6 aromatic carbocycles. The third-order valence-corrected chi connectivity index (χ3v) is 10.7. The number of hydrogen-bond acceptors (Lipinski definition) is 14. The summed E-state index contributed by atoms with van der Waals surface area (Å²) < 4.78 is 2.09. The largest absolute Gasteiger partial charge is 0.331 e. The van der Waals surface area contributed by atoms with E-state index in [1.165, 1.54) is 27.7 Å². The molecule has 0 spiro atoms. The molecule has 0 saturated carbocycles. The van der Waals surface area contributed by atoms with E-state index >= 15 is 0 Å². The molecule has 15 heteroatoms. The second-order valence-electron chi connectivity index (χ2n) is 15.7. The maximum atomic E-state index is 14.1. The first-order chi connectivity index (χ1) is 32.6. The highest BCUT2D eigenvalue weighted by molar-refractivity contribution is 6.15. The molecule has 68 heavy (non-hydrogen) atoms. The van der Waals surface area contributed by atoms with Crippen molar-refractivity contribution in [2.45, 2.75) is 55.4 Å². The van der Waals surface area contributed by atoms with Gasteiger partial charge in [0.15, 0.2) is 5.78 Å². The van der Waals surface area contributed by atoms with Gasteiger partial charge >= 0.3 is 23.9 Å². The highest BCUT2D eigenvalue weighted by Gasteiger charge is 2.19. The SMILES string of the molecule is CC(=O)ON=C(C)c1ccc(N(c2ccc(C(=O)c3ccc(-n4c5ccc(C(C)=NOC(C)=O)cc5c5cc(C(C)=NOC(C)=O)ccc54)cc3)cc2)c2ccc(/C(C)=N/OC(C)=O)cc2)cc1. The van der Waals surface area contributed by atoms with Gasteiger partial charge in [0, 0.05) is 72.3 Å². The number of hydrogen-bond donors (Lipinski definition) is 0. The van der Waals surface area contributed by atoms with Crippen LogP contribution in [-0.4, -0.2) is 57.1 Å². The number of ketones is 1. The van der Waals surface area contributed by atoms with Crippen LogP contribution < -0.4 is 4.90 Å². The van der Waals surface area contributed by atoms with Gasteiger partial charge in [-0.3, -0.25) is 4.79 Å². The minimum absolute atomic E-state index is 0.171. The Kier molecular flexibility index (Phi) is 14.2. The summed E-state index contributed by atoms with van der Waals surface area (Å²) in [6.45, 7) is 12.1. The average Bonchev–Trinajstić information content (AvgIpc) is 3.66. The molecule has 0 bridgehead atoms. The van der Waals surface area contributed by atoms with Gasteiger partial charge in [0.05, 0.1) is 33.9 Å². The molecule has 0 N–H and O–H groups in total. The lowest BCUT2D eigenvalue weighted by Gasteiger charge is -2.26. The number of carbonyl (C=O) groups excluding carboxylic acids is 5. The first-order valence-electron chi connectivity index (χ1n) is 21.3. The van der Waals surface area contributed by atoms with Crippen molar-refractivity contribution >= 4 is 91.4 Å². The van der Waals surface area contributed by atoms with Gasteiger partial charge in [0.1, 0.15) is 0 Å². The fourth-order valence-electron chi connectivity index (χ4n) is 7.33. The van der Waals surface area contributed by atoms with Crippen LogP contribution in [0.15, 0.2) is 154 Å². The lowest BCUT2D eigenvalue weighted by atomic mass is 10.0. The summed E-state index contributed by atoms with van der Waals surface area (Å²) in [5.41, 5.74) is 11.0. The van der Waals surface area contributed by atoms with Gasteiger partial charge in [-0.25, -0.2) is 19.2 Å². The van der Waals surface area contributed by atoms with E-state index in [2.05, 4.69) is 25.2 Å². The Hall–Kier alpha value is -8.85. The van der Waals surface area contributed by atoms with Gasteiger partial charge in [0.25, 0.3) is 0 Å². The van der Waals surface area contributed by atoms with E-state index in [0.717, 1.165) is 66.8 Å². The minimum atomic E-state index is -0.528. The van der Waals surface area contributed by atoms with E-state index in [0.29, 0.717) is 34.0 Å². The molecule has 7 rings (SSSR count). The summed E-state index contributed by atoms with van der Waals surface area (Å²) >= 11 is 0. The molecule has 0 saturated heterocycles. The van der Waals surface area contributed by atoms with Crippen LogP contribution in [0.3, 0.4) is 0 Å². The molecule has 0 atom stereocenters. The minimum Gasteiger partial charge on any atom is -0.318 e. The second kappa shape index (κ2) is 20.5. The topological polar surface area (TPSA) is 180 Å². The van der Waals surface area contributed by atoms with Crippen LogP contribution >= 0.6 is 0 Å². The van der Waals surface area contributed by atoms with Crippen molar-refractivity contribution in [1.82, 2.24) is 4.57 Å². The lowest BCUT2D eigenvalue weighted by molar-refractivity contribution is -0.141. The molecule has 1 heterocycles. The smallest absolute Gasteiger partial charge is 0.318 e. The van der Waals surface area contributed by atoms with E-state index in [4.69, 9.17) is 19.4 Å². The lowest BCUT2D eigenvalue weighted by Crippen LogP contribution is -2.11. The Morgan fingerprint density at radius 1 is 0.368 bits per heavy atom. The van der Waals surface area contributed by atoms with E-state index in [1.807, 2.05) is 114 Å². The van der Waals surface area contributed by atoms with Crippen molar-refractivity contribution in [3.05, 3.63) is 167 Å². The molecule has 0 aliphatic carbocycles. The zero-order valence-electron chi connectivity index (χ0n) is 38.6. The van der Waals surface area contributed by atoms with E-state index in [9.17, 15) is 24.0 Å². The number of oxime groups is 4. The maximum absolute atomic E-state index is 14.1. The van der Waals surface area contributed by atoms with Crippen molar-refractivity contribution in [3.63, 3.8) is 0 Å². The van der Waals surface area contributed by atoms with E-state index in [1.54, 1.807) is 52.0 Å². The summed E-state index contributed by atoms with van der Waals surface area (Å²) in [5.74, 6) is -2.26. The van der Waals surface area contributed by atoms with Crippen LogP contribution in [0.4, 0.5) is 17.1 Å². The third kappa shape index (κ3) is 10.8. The third-order valence-electron chi connectivity index (χ3n) is 10.7. The average molecular weight is 911 g/mol. The Morgan fingerprint density at radius 2 is 0.647 bits per heavy atom. The Balaban J connectivity index is 1.21. The molecule has 342 valence electrons. The van der Waals surface area contributed by atoms with E-state index < -0.39 is 23.9 Å². The van der Waals surface area contributed by atoms with Crippen molar-refractivity contribution in [2.75, 3.05) is 4.90 Å². The molecule has 0 aliphatic heterocycles. The summed E-state index contributed by atoms with van der Waals surface area (Å²) in [6.07, 6.45) is 0. The first-order valence-corrected chi connectivity index (χ1v) is 21.3. The fraction of sp³-hybridized carbons (Fsp3) is 0.151. The molecule has 0 unspecified atom stereocenters. The van der Waals surface area contributed by atoms with Crippen LogP contribution in [0.1, 0.15) is 93.6 Å². The molecule has 0 amide bonds. The Morgan fingerprint density at radius 3 is 0.971 bits per heavy atom. The van der Waals surface area contributed by atoms with Gasteiger partial charge in [-0.2, -0.15) is 0 Å². The summed E-state index contributed by atoms with van der Waals surface area (Å²) in [4.78, 5) is 81.3. The number of fused-ring (bicyclic) bond motifs is 3. The second-order valence-corrected chi connectivity index (χ2v) is 15.7. The predicted octanol–water partition coefficient (Wildman–Crippen LogP) is 10.6. The van der Waals surface area contributed by atoms with Crippen LogP contribution in [0.25, 0.3) is 27.5 Å². The van der Waals surface area contributed by atoms with Gasteiger partial charge in [-0.1, -0.05) is 57.0 Å². The van der Waals surface area contributed by atoms with Crippen LogP contribution in [0.5, 0.6) is 0 Å². The number of rotatable bonds is 14. The molecule has 1 aromatic heterocycles. The molecular formula is C53H46N6O9. The van der Waals surface area contributed by atoms with Crippen LogP contribution in [0, 0.1) is 0 Å². The zero-order valence-corrected chi connectivity index (χ0v) is 38.6. The van der Waals surface area contributed by atoms with Crippen molar-refractivity contribution in [3.8, 4) is 5.69 Å². The molecule has 15 nitrogen and oxygen atoms in total. The Bertz CT molecular complexity index is 3060. The number of nitrogens with zero attached hydrogens (tertiary/aromatic N) is 6. The van der Waals surface area contributed by atoms with Crippen molar-refractivity contribution < 1.29 is 43.3 Å². The highest BCUT2D eigenvalue weighted by Crippen LogP contribution is 2.37. The monoisotopic (exact) mass is 910 g/mol. The zero-order chi connectivity index (χ0) is 48.6. The van der Waals surface area contributed by atoms with Crippen LogP contribution in [-0.2, 0) is 38.5 Å². The number of carbonyl (C=O) groups is 5. The van der Waals surface area contributed by atoms with Gasteiger partial charge in [-0.05, 0) is 147 Å². The summed E-state index contributed by atoms with van der Waals surface area (Å²) in [7, 11) is 0. The molecule has 0 aliphatic rings. The van der Waals surface area contributed by atoms with Gasteiger partial charge < -0.3 is 28.8 Å². The molecule has 7 aromatic rings. The summed E-state index contributed by atoms with van der Waals surface area (Å²) in [5, 5.41) is 17.6. The number of anilines is 3. The summed E-state index contributed by atoms with van der Waals surface area (Å²) in [6, 6.07) is 41.6. The fourth-order valence-corrected chi connectivity index (χ4v) is 7.33. The van der Waals surface area contributed by atoms with Crippen LogP contribution in [0.2, 0.25) is 0 Å². The molecular weight excluding hydrogens is 865 g/mol. The predicted molar refractivity (Wildman–Crippen MR) is 261 cm³/mol. The number of aromatic nitrogens is 1. The first kappa shape index (κ1) is 47.1. The van der Waals surface area contributed by atoms with Gasteiger partial charge in [0.2, 0.25) is 0 Å². The quantitative estimate of drug-likeness (QED) is 0.0441. The van der Waals surface area contributed by atoms with E-state index in [-0.39, 0.29) is 5.78 Å². The van der Waals surface area contributed by atoms with Gasteiger partial charge in [-0.15, -0.1) is 0 Å². The standard InChI is InChI=1S/C53H46N6O9/c1-31(54-65-35(5)60)39-9-19-45(20-10-39)58(46-21-11-40(12-22-46)32(2)55-66-36(6)61)47-23-13-41(14-24-47)53(64)42-15-25-48(26-16-42)59-51-27-17-43(33(3)56-67-37(7)62)29-49(51)50-30-44(18-28-52(50)59)34(4)57-68-38(8)63/h9-30H,1-8H3/b54-31+,55-32?,56-33?,57-34?. The number of benzene rings is 6. The molecule has 0 fully saturated rings. The Labute approximate surface area is 391 Å². The highest BCUT2D eigenvalue weighted by atomic mass is 16.7. The van der Waals surface area contributed by atoms with Crippen molar-refractivity contribution in [2.24, 2.45) is 20.6 Å². The maximum Gasteiger partial charge on any atom is 0.331 e. The molecule has 0 radical (unpaired) electrons. The normalized spacial score (nSPS) is 12.2. The van der Waals surface area contributed by atoms with Crippen molar-refractivity contribution in [1.29, 1.82) is 0 Å².